The number of carbonyl (C=O) groups excluding carboxylic acids is 2. The zero-order valence-corrected chi connectivity index (χ0v) is 14.2. The lowest BCUT2D eigenvalue weighted by Crippen LogP contribution is -2.52. The van der Waals surface area contributed by atoms with E-state index in [1.165, 1.54) is 12.8 Å². The molecule has 0 unspecified atom stereocenters. The molecule has 1 amide bonds. The molecule has 0 saturated heterocycles. The monoisotopic (exact) mass is 318 g/mol. The molecule has 1 fully saturated rings. The Morgan fingerprint density at radius 1 is 1.30 bits per heavy atom. The van der Waals surface area contributed by atoms with Gasteiger partial charge in [-0.15, -0.1) is 0 Å². The minimum Gasteiger partial charge on any atom is -0.459 e. The second-order valence-corrected chi connectivity index (χ2v) is 6.75. The lowest BCUT2D eigenvalue weighted by molar-refractivity contribution is -0.158. The van der Waals surface area contributed by atoms with Crippen LogP contribution in [0.5, 0.6) is 0 Å². The van der Waals surface area contributed by atoms with Crippen LogP contribution in [0.3, 0.4) is 0 Å². The van der Waals surface area contributed by atoms with Gasteiger partial charge >= 0.3 is 5.97 Å². The van der Waals surface area contributed by atoms with E-state index in [1.54, 1.807) is 18.2 Å². The molecule has 0 aromatic heterocycles. The van der Waals surface area contributed by atoms with Crippen LogP contribution >= 0.6 is 0 Å². The molecule has 2 N–H and O–H groups in total. The quantitative estimate of drug-likeness (QED) is 0.818. The van der Waals surface area contributed by atoms with Crippen molar-refractivity contribution in [1.82, 2.24) is 4.90 Å². The first-order chi connectivity index (χ1) is 10.8. The minimum absolute atomic E-state index is 0.141. The normalized spacial score (nSPS) is 15.8. The maximum atomic E-state index is 12.5. The summed E-state index contributed by atoms with van der Waals surface area (Å²) in [5.41, 5.74) is 5.77. The highest BCUT2D eigenvalue weighted by Crippen LogP contribution is 2.28. The average molecular weight is 318 g/mol. The van der Waals surface area contributed by atoms with Crippen molar-refractivity contribution in [3.05, 3.63) is 35.4 Å². The summed E-state index contributed by atoms with van der Waals surface area (Å²) in [6.45, 7) is 3.93. The number of amides is 1. The molecule has 23 heavy (non-hydrogen) atoms. The highest BCUT2D eigenvalue weighted by atomic mass is 16.5. The molecule has 0 spiro atoms. The predicted octanol–water partition coefficient (Wildman–Crippen LogP) is 2.48. The summed E-state index contributed by atoms with van der Waals surface area (Å²) < 4.78 is 5.48. The van der Waals surface area contributed by atoms with Gasteiger partial charge in [-0.1, -0.05) is 25.0 Å². The highest BCUT2D eigenvalue weighted by molar-refractivity contribution is 5.92. The van der Waals surface area contributed by atoms with Crippen molar-refractivity contribution in [1.29, 1.82) is 0 Å². The number of rotatable bonds is 6. The Hall–Kier alpha value is -1.88. The molecule has 0 aliphatic heterocycles. The molecule has 1 aliphatic rings. The largest absolute Gasteiger partial charge is 0.459 e. The second-order valence-electron chi connectivity index (χ2n) is 6.75. The molecule has 1 aliphatic carbocycles. The van der Waals surface area contributed by atoms with Gasteiger partial charge in [0.1, 0.15) is 12.1 Å². The van der Waals surface area contributed by atoms with Crippen molar-refractivity contribution in [3.63, 3.8) is 0 Å². The van der Waals surface area contributed by atoms with Crippen LogP contribution in [0.2, 0.25) is 0 Å². The van der Waals surface area contributed by atoms with E-state index in [2.05, 4.69) is 4.90 Å². The van der Waals surface area contributed by atoms with E-state index < -0.39 is 11.4 Å². The standard InChI is InChI=1S/C18H26N2O3/c1-18(2,20(3)15-9-4-5-10-15)17(22)23-12-13-7-6-8-14(11-13)16(19)21/h6-8,11,15H,4-5,9-10,12H2,1-3H3,(H2,19,21). The molecule has 1 saturated carbocycles. The molecule has 2 rings (SSSR count). The molecule has 5 nitrogen and oxygen atoms in total. The summed E-state index contributed by atoms with van der Waals surface area (Å²) >= 11 is 0. The van der Waals surface area contributed by atoms with Crippen molar-refractivity contribution in [2.24, 2.45) is 5.73 Å². The van der Waals surface area contributed by atoms with E-state index >= 15 is 0 Å². The van der Waals surface area contributed by atoms with Gasteiger partial charge < -0.3 is 10.5 Å². The fourth-order valence-corrected chi connectivity index (χ4v) is 3.03. The highest BCUT2D eigenvalue weighted by Gasteiger charge is 2.38. The van der Waals surface area contributed by atoms with Crippen molar-refractivity contribution in [3.8, 4) is 0 Å². The molecule has 0 heterocycles. The van der Waals surface area contributed by atoms with Gasteiger partial charge in [0, 0.05) is 11.6 Å². The molecular formula is C18H26N2O3. The van der Waals surface area contributed by atoms with Crippen LogP contribution in [0, 0.1) is 0 Å². The van der Waals surface area contributed by atoms with E-state index in [9.17, 15) is 9.59 Å². The van der Waals surface area contributed by atoms with Crippen LogP contribution in [0.4, 0.5) is 0 Å². The van der Waals surface area contributed by atoms with Crippen LogP contribution < -0.4 is 5.73 Å². The minimum atomic E-state index is -0.670. The summed E-state index contributed by atoms with van der Waals surface area (Å²) in [6.07, 6.45) is 4.71. The fraction of sp³-hybridized carbons (Fsp3) is 0.556. The van der Waals surface area contributed by atoms with Crippen LogP contribution in [0.15, 0.2) is 24.3 Å². The SMILES string of the molecule is CN(C1CCCC1)C(C)(C)C(=O)OCc1cccc(C(N)=O)c1. The maximum Gasteiger partial charge on any atom is 0.326 e. The fourth-order valence-electron chi connectivity index (χ4n) is 3.03. The molecule has 0 bridgehead atoms. The van der Waals surface area contributed by atoms with Crippen LogP contribution in [-0.4, -0.2) is 35.4 Å². The van der Waals surface area contributed by atoms with E-state index in [-0.39, 0.29) is 12.6 Å². The molecule has 1 aromatic carbocycles. The number of nitrogens with two attached hydrogens (primary N) is 1. The van der Waals surface area contributed by atoms with Crippen molar-refractivity contribution < 1.29 is 14.3 Å². The third kappa shape index (κ3) is 4.10. The number of esters is 1. The van der Waals surface area contributed by atoms with Crippen LogP contribution in [0.1, 0.15) is 55.5 Å². The Bertz CT molecular complexity index is 577. The van der Waals surface area contributed by atoms with Crippen molar-refractivity contribution >= 4 is 11.9 Å². The number of carbonyl (C=O) groups is 2. The average Bonchev–Trinajstić information content (AvgIpc) is 3.06. The number of ether oxygens (including phenoxy) is 1. The number of likely N-dealkylation sites (N-methyl/N-ethyl adjacent to an activating group) is 1. The van der Waals surface area contributed by atoms with Crippen LogP contribution in [-0.2, 0) is 16.1 Å². The van der Waals surface area contributed by atoms with Gasteiger partial charge in [-0.05, 0) is 51.4 Å². The first-order valence-corrected chi connectivity index (χ1v) is 8.11. The molecular weight excluding hydrogens is 292 g/mol. The summed E-state index contributed by atoms with van der Waals surface area (Å²) in [6, 6.07) is 7.29. The lowest BCUT2D eigenvalue weighted by atomic mass is 10.0. The number of nitrogens with zero attached hydrogens (tertiary/aromatic N) is 1. The second kappa shape index (κ2) is 7.13. The molecule has 0 atom stereocenters. The number of hydrogen-bond donors (Lipinski definition) is 1. The number of benzene rings is 1. The first-order valence-electron chi connectivity index (χ1n) is 8.11. The Kier molecular flexibility index (Phi) is 5.42. The van der Waals surface area contributed by atoms with Crippen LogP contribution in [0.25, 0.3) is 0 Å². The van der Waals surface area contributed by atoms with E-state index in [1.807, 2.05) is 27.0 Å². The van der Waals surface area contributed by atoms with Gasteiger partial charge in [-0.3, -0.25) is 14.5 Å². The number of primary amides is 1. The lowest BCUT2D eigenvalue weighted by Gasteiger charge is -2.37. The molecule has 5 heteroatoms. The Balaban J connectivity index is 1.97. The van der Waals surface area contributed by atoms with E-state index in [0.29, 0.717) is 11.6 Å². The van der Waals surface area contributed by atoms with Crippen molar-refractivity contribution in [2.75, 3.05) is 7.05 Å². The topological polar surface area (TPSA) is 72.6 Å². The van der Waals surface area contributed by atoms with E-state index in [0.717, 1.165) is 18.4 Å². The Morgan fingerprint density at radius 2 is 1.96 bits per heavy atom. The summed E-state index contributed by atoms with van der Waals surface area (Å²) in [7, 11) is 1.99. The Morgan fingerprint density at radius 3 is 2.57 bits per heavy atom. The summed E-state index contributed by atoms with van der Waals surface area (Å²) in [4.78, 5) is 25.8. The summed E-state index contributed by atoms with van der Waals surface area (Å²) in [5, 5.41) is 0. The van der Waals surface area contributed by atoms with Crippen molar-refractivity contribution in [2.45, 2.75) is 57.7 Å². The Labute approximate surface area is 137 Å². The van der Waals surface area contributed by atoms with Gasteiger partial charge in [-0.25, -0.2) is 0 Å². The number of hydrogen-bond acceptors (Lipinski definition) is 4. The van der Waals surface area contributed by atoms with Gasteiger partial charge in [-0.2, -0.15) is 0 Å². The van der Waals surface area contributed by atoms with Gasteiger partial charge in [0.25, 0.3) is 0 Å². The van der Waals surface area contributed by atoms with Gasteiger partial charge in [0.15, 0.2) is 0 Å². The molecule has 1 aromatic rings. The first kappa shape index (κ1) is 17.5. The summed E-state index contributed by atoms with van der Waals surface area (Å²) in [5.74, 6) is -0.740. The van der Waals surface area contributed by atoms with Gasteiger partial charge in [0.05, 0.1) is 0 Å². The van der Waals surface area contributed by atoms with Gasteiger partial charge in [0.2, 0.25) is 5.91 Å². The predicted molar refractivity (Wildman–Crippen MR) is 88.9 cm³/mol. The maximum absolute atomic E-state index is 12.5. The van der Waals surface area contributed by atoms with E-state index in [4.69, 9.17) is 10.5 Å². The third-order valence-electron chi connectivity index (χ3n) is 4.84. The zero-order valence-electron chi connectivity index (χ0n) is 14.2. The molecule has 126 valence electrons. The smallest absolute Gasteiger partial charge is 0.326 e. The zero-order chi connectivity index (χ0) is 17.0. The molecule has 0 radical (unpaired) electrons. The third-order valence-corrected chi connectivity index (χ3v) is 4.84.